The van der Waals surface area contributed by atoms with E-state index in [1.54, 1.807) is 32.4 Å². The highest BCUT2D eigenvalue weighted by atomic mass is 19.1. The summed E-state index contributed by atoms with van der Waals surface area (Å²) in [7, 11) is 3.12. The van der Waals surface area contributed by atoms with Gasteiger partial charge in [0.1, 0.15) is 23.1 Å². The van der Waals surface area contributed by atoms with Gasteiger partial charge in [0.2, 0.25) is 0 Å². The number of guanidine groups is 1. The molecule has 7 nitrogen and oxygen atoms in total. The van der Waals surface area contributed by atoms with E-state index in [1.165, 1.54) is 12.1 Å². The van der Waals surface area contributed by atoms with Crippen molar-refractivity contribution >= 4 is 11.6 Å². The second kappa shape index (κ2) is 7.92. The molecule has 2 aromatic rings. The van der Waals surface area contributed by atoms with Gasteiger partial charge < -0.3 is 30.0 Å². The Balaban J connectivity index is 1.79. The number of ether oxygens (including phenoxy) is 4. The van der Waals surface area contributed by atoms with E-state index < -0.39 is 0 Å². The average Bonchev–Trinajstić information content (AvgIpc) is 2.65. The average molecular weight is 361 g/mol. The summed E-state index contributed by atoms with van der Waals surface area (Å²) in [4.78, 5) is 4.27. The molecule has 0 amide bonds. The fourth-order valence-electron chi connectivity index (χ4n) is 2.63. The Bertz CT molecular complexity index is 826. The van der Waals surface area contributed by atoms with Crippen molar-refractivity contribution in [3.8, 4) is 17.2 Å². The van der Waals surface area contributed by atoms with Gasteiger partial charge in [-0.2, -0.15) is 0 Å². The SMILES string of the molecule is COc1ccc(OC)c(NC(N)=NCc2cc(F)cc3c2OCOC3)c1. The molecule has 1 heterocycles. The molecular formula is C18H20FN3O4. The van der Waals surface area contributed by atoms with Crippen molar-refractivity contribution in [2.24, 2.45) is 10.7 Å². The lowest BCUT2D eigenvalue weighted by atomic mass is 10.1. The highest BCUT2D eigenvalue weighted by Crippen LogP contribution is 2.31. The molecule has 26 heavy (non-hydrogen) atoms. The minimum Gasteiger partial charge on any atom is -0.497 e. The molecule has 0 saturated carbocycles. The summed E-state index contributed by atoms with van der Waals surface area (Å²) in [5.74, 6) is 1.61. The number of fused-ring (bicyclic) bond motifs is 1. The van der Waals surface area contributed by atoms with Crippen LogP contribution >= 0.6 is 0 Å². The second-order valence-corrected chi connectivity index (χ2v) is 5.56. The molecule has 3 N–H and O–H groups in total. The molecule has 138 valence electrons. The third-order valence-electron chi connectivity index (χ3n) is 3.84. The fourth-order valence-corrected chi connectivity index (χ4v) is 2.63. The van der Waals surface area contributed by atoms with Crippen molar-refractivity contribution in [3.63, 3.8) is 0 Å². The first-order chi connectivity index (χ1) is 12.6. The number of nitrogens with two attached hydrogens (primary N) is 1. The first-order valence-corrected chi connectivity index (χ1v) is 7.91. The Kier molecular flexibility index (Phi) is 5.43. The second-order valence-electron chi connectivity index (χ2n) is 5.56. The normalized spacial score (nSPS) is 13.6. The molecule has 0 spiro atoms. The van der Waals surface area contributed by atoms with Crippen LogP contribution in [0.15, 0.2) is 35.3 Å². The van der Waals surface area contributed by atoms with Crippen molar-refractivity contribution < 1.29 is 23.3 Å². The Morgan fingerprint density at radius 1 is 1.27 bits per heavy atom. The van der Waals surface area contributed by atoms with Crippen LogP contribution in [0.4, 0.5) is 10.1 Å². The maximum Gasteiger partial charge on any atom is 0.193 e. The van der Waals surface area contributed by atoms with Crippen LogP contribution in [0.3, 0.4) is 0 Å². The van der Waals surface area contributed by atoms with Gasteiger partial charge in [0.15, 0.2) is 12.8 Å². The summed E-state index contributed by atoms with van der Waals surface area (Å²) in [6, 6.07) is 8.05. The molecule has 0 radical (unpaired) electrons. The smallest absolute Gasteiger partial charge is 0.193 e. The van der Waals surface area contributed by atoms with Gasteiger partial charge >= 0.3 is 0 Å². The first-order valence-electron chi connectivity index (χ1n) is 7.91. The van der Waals surface area contributed by atoms with Gasteiger partial charge in [0.05, 0.1) is 33.1 Å². The summed E-state index contributed by atoms with van der Waals surface area (Å²) in [6.07, 6.45) is 0. The van der Waals surface area contributed by atoms with Gasteiger partial charge in [0, 0.05) is 17.2 Å². The van der Waals surface area contributed by atoms with Gasteiger partial charge in [-0.15, -0.1) is 0 Å². The van der Waals surface area contributed by atoms with Crippen LogP contribution in [-0.2, 0) is 17.9 Å². The Morgan fingerprint density at radius 3 is 2.88 bits per heavy atom. The lowest BCUT2D eigenvalue weighted by molar-refractivity contribution is -0.0172. The zero-order valence-electron chi connectivity index (χ0n) is 14.5. The van der Waals surface area contributed by atoms with E-state index in [-0.39, 0.29) is 25.1 Å². The molecule has 2 aromatic carbocycles. The number of halogens is 1. The molecule has 1 aliphatic rings. The minimum atomic E-state index is -0.371. The van der Waals surface area contributed by atoms with Crippen LogP contribution in [-0.4, -0.2) is 27.0 Å². The molecule has 0 aliphatic carbocycles. The lowest BCUT2D eigenvalue weighted by Gasteiger charge is -2.20. The van der Waals surface area contributed by atoms with Gasteiger partial charge in [-0.05, 0) is 24.3 Å². The number of methoxy groups -OCH3 is 2. The van der Waals surface area contributed by atoms with Crippen LogP contribution in [0.1, 0.15) is 11.1 Å². The lowest BCUT2D eigenvalue weighted by Crippen LogP contribution is -2.23. The number of anilines is 1. The number of benzene rings is 2. The third-order valence-corrected chi connectivity index (χ3v) is 3.84. The van der Waals surface area contributed by atoms with Crippen LogP contribution in [0.2, 0.25) is 0 Å². The largest absolute Gasteiger partial charge is 0.497 e. The molecule has 3 rings (SSSR count). The van der Waals surface area contributed by atoms with E-state index in [1.807, 2.05) is 0 Å². The number of hydrogen-bond donors (Lipinski definition) is 2. The number of hydrogen-bond acceptors (Lipinski definition) is 5. The topological polar surface area (TPSA) is 87.3 Å². The Labute approximate surface area is 150 Å². The van der Waals surface area contributed by atoms with Gasteiger partial charge in [-0.3, -0.25) is 0 Å². The molecule has 0 fully saturated rings. The van der Waals surface area contributed by atoms with Crippen LogP contribution < -0.4 is 25.3 Å². The van der Waals surface area contributed by atoms with Crippen molar-refractivity contribution in [2.45, 2.75) is 13.2 Å². The molecular weight excluding hydrogens is 341 g/mol. The Morgan fingerprint density at radius 2 is 2.12 bits per heavy atom. The molecule has 1 aliphatic heterocycles. The van der Waals surface area contributed by atoms with Crippen molar-refractivity contribution in [1.29, 1.82) is 0 Å². The highest BCUT2D eigenvalue weighted by Gasteiger charge is 2.17. The maximum absolute atomic E-state index is 13.8. The molecule has 8 heteroatoms. The van der Waals surface area contributed by atoms with E-state index in [0.29, 0.717) is 40.7 Å². The fraction of sp³-hybridized carbons (Fsp3) is 0.278. The Hall–Kier alpha value is -3.00. The molecule has 0 saturated heterocycles. The van der Waals surface area contributed by atoms with Crippen LogP contribution in [0.5, 0.6) is 17.2 Å². The minimum absolute atomic E-state index is 0.129. The number of nitrogens with zero attached hydrogens (tertiary/aromatic N) is 1. The zero-order chi connectivity index (χ0) is 18.5. The van der Waals surface area contributed by atoms with Crippen LogP contribution in [0, 0.1) is 5.82 Å². The van der Waals surface area contributed by atoms with E-state index in [4.69, 9.17) is 24.7 Å². The zero-order valence-corrected chi connectivity index (χ0v) is 14.5. The van der Waals surface area contributed by atoms with E-state index in [2.05, 4.69) is 10.3 Å². The number of nitrogens with one attached hydrogen (secondary N) is 1. The van der Waals surface area contributed by atoms with E-state index >= 15 is 0 Å². The van der Waals surface area contributed by atoms with Gasteiger partial charge in [-0.1, -0.05) is 0 Å². The number of rotatable bonds is 5. The van der Waals surface area contributed by atoms with Crippen LogP contribution in [0.25, 0.3) is 0 Å². The molecule has 0 aromatic heterocycles. The summed E-state index contributed by atoms with van der Waals surface area (Å²) in [5, 5.41) is 2.96. The van der Waals surface area contributed by atoms with Crippen molar-refractivity contribution in [3.05, 3.63) is 47.3 Å². The molecule has 0 bridgehead atoms. The first kappa shape index (κ1) is 17.8. The maximum atomic E-state index is 13.8. The summed E-state index contributed by atoms with van der Waals surface area (Å²) >= 11 is 0. The summed E-state index contributed by atoms with van der Waals surface area (Å²) < 4.78 is 34.9. The number of aliphatic imine (C=N–C) groups is 1. The van der Waals surface area contributed by atoms with Gasteiger partial charge in [-0.25, -0.2) is 9.38 Å². The van der Waals surface area contributed by atoms with Gasteiger partial charge in [0.25, 0.3) is 0 Å². The van der Waals surface area contributed by atoms with E-state index in [0.717, 1.165) is 0 Å². The summed E-state index contributed by atoms with van der Waals surface area (Å²) in [6.45, 7) is 0.591. The highest BCUT2D eigenvalue weighted by molar-refractivity contribution is 5.94. The van der Waals surface area contributed by atoms with E-state index in [9.17, 15) is 4.39 Å². The third kappa shape index (κ3) is 3.97. The predicted molar refractivity (Wildman–Crippen MR) is 95.2 cm³/mol. The monoisotopic (exact) mass is 361 g/mol. The quantitative estimate of drug-likeness (QED) is 0.629. The van der Waals surface area contributed by atoms with Crippen molar-refractivity contribution in [2.75, 3.05) is 26.3 Å². The molecule has 0 atom stereocenters. The predicted octanol–water partition coefficient (Wildman–Crippen LogP) is 2.64. The standard InChI is InChI=1S/C18H20FN3O4/c1-23-14-3-4-16(24-2)15(7-14)22-18(20)21-8-11-5-13(19)6-12-9-25-10-26-17(11)12/h3-7H,8-10H2,1-2H3,(H3,20,21,22). The van der Waals surface area contributed by atoms with Crippen molar-refractivity contribution in [1.82, 2.24) is 0 Å². The molecule has 0 unspecified atom stereocenters. The summed E-state index contributed by atoms with van der Waals surface area (Å²) in [5.41, 5.74) is 7.83.